The number of aryl methyl sites for hydroxylation is 1. The summed E-state index contributed by atoms with van der Waals surface area (Å²) in [5.41, 5.74) is 6.65. The van der Waals surface area contributed by atoms with E-state index in [2.05, 4.69) is 15.9 Å². The zero-order valence-electron chi connectivity index (χ0n) is 10.1. The molecule has 0 radical (unpaired) electrons. The lowest BCUT2D eigenvalue weighted by molar-refractivity contribution is 0.100. The highest BCUT2D eigenvalue weighted by Gasteiger charge is 2.09. The quantitative estimate of drug-likeness (QED) is 0.905. The third-order valence-corrected chi connectivity index (χ3v) is 3.44. The van der Waals surface area contributed by atoms with Gasteiger partial charge in [-0.25, -0.2) is 0 Å². The molecule has 98 valence electrons. The highest BCUT2D eigenvalue weighted by atomic mass is 79.9. The van der Waals surface area contributed by atoms with Crippen LogP contribution in [0.3, 0.4) is 0 Å². The van der Waals surface area contributed by atoms with Crippen molar-refractivity contribution in [2.45, 2.75) is 6.92 Å². The second-order valence-electron chi connectivity index (χ2n) is 4.05. The van der Waals surface area contributed by atoms with Gasteiger partial charge in [0.15, 0.2) is 0 Å². The number of amides is 1. The summed E-state index contributed by atoms with van der Waals surface area (Å²) in [7, 11) is 0. The van der Waals surface area contributed by atoms with Gasteiger partial charge in [0.25, 0.3) is 0 Å². The molecular formula is C14H11BrClNO2. The van der Waals surface area contributed by atoms with Gasteiger partial charge in [0.2, 0.25) is 5.91 Å². The Hall–Kier alpha value is -1.52. The third kappa shape index (κ3) is 3.28. The first-order valence-electron chi connectivity index (χ1n) is 5.51. The van der Waals surface area contributed by atoms with E-state index in [1.54, 1.807) is 12.1 Å². The van der Waals surface area contributed by atoms with E-state index in [1.165, 1.54) is 6.07 Å². The minimum atomic E-state index is -0.523. The highest BCUT2D eigenvalue weighted by Crippen LogP contribution is 2.34. The third-order valence-electron chi connectivity index (χ3n) is 2.52. The number of halogens is 2. The van der Waals surface area contributed by atoms with Crippen molar-refractivity contribution in [3.05, 3.63) is 57.0 Å². The molecule has 0 unspecified atom stereocenters. The molecule has 0 aliphatic rings. The molecule has 19 heavy (non-hydrogen) atoms. The minimum Gasteiger partial charge on any atom is -0.455 e. The van der Waals surface area contributed by atoms with Crippen LogP contribution >= 0.6 is 27.5 Å². The topological polar surface area (TPSA) is 52.3 Å². The van der Waals surface area contributed by atoms with Gasteiger partial charge < -0.3 is 10.5 Å². The van der Waals surface area contributed by atoms with Crippen LogP contribution in [0.4, 0.5) is 0 Å². The summed E-state index contributed by atoms with van der Waals surface area (Å²) in [6.45, 7) is 1.99. The van der Waals surface area contributed by atoms with E-state index in [0.29, 0.717) is 22.1 Å². The van der Waals surface area contributed by atoms with Crippen LogP contribution in [0, 0.1) is 6.92 Å². The highest BCUT2D eigenvalue weighted by molar-refractivity contribution is 9.10. The summed E-state index contributed by atoms with van der Waals surface area (Å²) in [4.78, 5) is 11.0. The van der Waals surface area contributed by atoms with Crippen LogP contribution in [0.25, 0.3) is 0 Å². The molecular weight excluding hydrogens is 330 g/mol. The van der Waals surface area contributed by atoms with Crippen LogP contribution in [0.5, 0.6) is 11.5 Å². The Labute approximate surface area is 124 Å². The Morgan fingerprint density at radius 1 is 1.21 bits per heavy atom. The van der Waals surface area contributed by atoms with Crippen molar-refractivity contribution in [2.24, 2.45) is 5.73 Å². The Bertz CT molecular complexity index is 643. The molecule has 0 fully saturated rings. The monoisotopic (exact) mass is 339 g/mol. The van der Waals surface area contributed by atoms with Crippen LogP contribution in [0.1, 0.15) is 15.9 Å². The van der Waals surface area contributed by atoms with Crippen molar-refractivity contribution in [1.82, 2.24) is 0 Å². The summed E-state index contributed by atoms with van der Waals surface area (Å²) < 4.78 is 6.53. The number of benzene rings is 2. The Morgan fingerprint density at radius 3 is 2.47 bits per heavy atom. The molecule has 5 heteroatoms. The van der Waals surface area contributed by atoms with E-state index in [0.717, 1.165) is 10.0 Å². The Kier molecular flexibility index (Phi) is 4.12. The maximum atomic E-state index is 11.0. The first-order chi connectivity index (χ1) is 8.97. The normalized spacial score (nSPS) is 10.3. The molecule has 2 aromatic carbocycles. The van der Waals surface area contributed by atoms with Crippen molar-refractivity contribution in [2.75, 3.05) is 0 Å². The molecule has 0 aliphatic carbocycles. The Morgan fingerprint density at radius 2 is 1.89 bits per heavy atom. The van der Waals surface area contributed by atoms with Crippen molar-refractivity contribution >= 4 is 33.4 Å². The number of ether oxygens (including phenoxy) is 1. The van der Waals surface area contributed by atoms with Gasteiger partial charge in [0.1, 0.15) is 11.5 Å². The molecule has 1 amide bonds. The molecule has 0 aliphatic heterocycles. The number of rotatable bonds is 3. The predicted octanol–water partition coefficient (Wildman–Crippen LogP) is 4.30. The zero-order valence-corrected chi connectivity index (χ0v) is 12.5. The van der Waals surface area contributed by atoms with Crippen molar-refractivity contribution < 1.29 is 9.53 Å². The van der Waals surface area contributed by atoms with E-state index < -0.39 is 5.91 Å². The standard InChI is InChI=1S/C14H11BrClNO2/c1-8-2-4-12(10(15)6-8)19-13-5-3-9(14(17)18)7-11(13)16/h2-7H,1H3,(H2,17,18). The maximum Gasteiger partial charge on any atom is 0.248 e. The second-order valence-corrected chi connectivity index (χ2v) is 5.31. The van der Waals surface area contributed by atoms with Crippen molar-refractivity contribution in [3.8, 4) is 11.5 Å². The number of hydrogen-bond acceptors (Lipinski definition) is 2. The number of nitrogens with two attached hydrogens (primary N) is 1. The van der Waals surface area contributed by atoms with E-state index >= 15 is 0 Å². The molecule has 0 saturated heterocycles. The molecule has 0 bridgehead atoms. The average Bonchev–Trinajstić information content (AvgIpc) is 2.34. The van der Waals surface area contributed by atoms with Crippen molar-refractivity contribution in [1.29, 1.82) is 0 Å². The number of carbonyl (C=O) groups is 1. The molecule has 0 aromatic heterocycles. The van der Waals surface area contributed by atoms with Crippen molar-refractivity contribution in [3.63, 3.8) is 0 Å². The minimum absolute atomic E-state index is 0.337. The summed E-state index contributed by atoms with van der Waals surface area (Å²) >= 11 is 9.48. The van der Waals surface area contributed by atoms with Gasteiger partial charge in [0.05, 0.1) is 9.50 Å². The number of primary amides is 1. The van der Waals surface area contributed by atoms with Gasteiger partial charge in [-0.05, 0) is 58.7 Å². The predicted molar refractivity (Wildman–Crippen MR) is 78.9 cm³/mol. The largest absolute Gasteiger partial charge is 0.455 e. The molecule has 2 aromatic rings. The summed E-state index contributed by atoms with van der Waals surface area (Å²) in [5, 5.41) is 0.337. The summed E-state index contributed by atoms with van der Waals surface area (Å²) in [6.07, 6.45) is 0. The smallest absolute Gasteiger partial charge is 0.248 e. The second kappa shape index (κ2) is 5.63. The van der Waals surface area contributed by atoms with E-state index in [1.807, 2.05) is 25.1 Å². The van der Waals surface area contributed by atoms with Gasteiger partial charge >= 0.3 is 0 Å². The van der Waals surface area contributed by atoms with Gasteiger partial charge in [-0.1, -0.05) is 17.7 Å². The number of hydrogen-bond donors (Lipinski definition) is 1. The lowest BCUT2D eigenvalue weighted by Gasteiger charge is -2.10. The fourth-order valence-electron chi connectivity index (χ4n) is 1.54. The van der Waals surface area contributed by atoms with Gasteiger partial charge in [-0.15, -0.1) is 0 Å². The first kappa shape index (κ1) is 13.9. The molecule has 2 N–H and O–H groups in total. The molecule has 0 atom stereocenters. The zero-order chi connectivity index (χ0) is 14.0. The lowest BCUT2D eigenvalue weighted by atomic mass is 10.2. The SMILES string of the molecule is Cc1ccc(Oc2ccc(C(N)=O)cc2Cl)c(Br)c1. The fraction of sp³-hybridized carbons (Fsp3) is 0.0714. The van der Waals surface area contributed by atoms with Crippen LogP contribution in [-0.4, -0.2) is 5.91 Å². The van der Waals surface area contributed by atoms with Crippen LogP contribution < -0.4 is 10.5 Å². The average molecular weight is 341 g/mol. The lowest BCUT2D eigenvalue weighted by Crippen LogP contribution is -2.10. The molecule has 0 heterocycles. The van der Waals surface area contributed by atoms with Crippen LogP contribution in [-0.2, 0) is 0 Å². The molecule has 2 rings (SSSR count). The van der Waals surface area contributed by atoms with Crippen LogP contribution in [0.2, 0.25) is 5.02 Å². The van der Waals surface area contributed by atoms with E-state index in [4.69, 9.17) is 22.1 Å². The molecule has 0 spiro atoms. The Balaban J connectivity index is 2.31. The number of carbonyl (C=O) groups excluding carboxylic acids is 1. The van der Waals surface area contributed by atoms with E-state index in [9.17, 15) is 4.79 Å². The van der Waals surface area contributed by atoms with E-state index in [-0.39, 0.29) is 0 Å². The first-order valence-corrected chi connectivity index (χ1v) is 6.68. The molecule has 0 saturated carbocycles. The fourth-order valence-corrected chi connectivity index (χ4v) is 2.34. The van der Waals surface area contributed by atoms with Gasteiger partial charge in [-0.3, -0.25) is 4.79 Å². The van der Waals surface area contributed by atoms with Gasteiger partial charge in [0, 0.05) is 5.56 Å². The van der Waals surface area contributed by atoms with Gasteiger partial charge in [-0.2, -0.15) is 0 Å². The molecule has 3 nitrogen and oxygen atoms in total. The summed E-state index contributed by atoms with van der Waals surface area (Å²) in [5.74, 6) is 0.598. The van der Waals surface area contributed by atoms with Crippen LogP contribution in [0.15, 0.2) is 40.9 Å². The summed E-state index contributed by atoms with van der Waals surface area (Å²) in [6, 6.07) is 10.4. The maximum absolute atomic E-state index is 11.0.